The van der Waals surface area contributed by atoms with Gasteiger partial charge in [-0.3, -0.25) is 19.3 Å². The number of esters is 1. The summed E-state index contributed by atoms with van der Waals surface area (Å²) < 4.78 is 15.4. The first-order valence-electron chi connectivity index (χ1n) is 8.83. The van der Waals surface area contributed by atoms with Crippen LogP contribution in [0.1, 0.15) is 28.8 Å². The Bertz CT molecular complexity index is 1010. The molecule has 1 aromatic carbocycles. The standard InChI is InChI=1S/C20H17NO8S/c1-2-27-17(22)10-21-18(23)16(30-20(21)26)9-12-3-5-13(6-4-12)28-11-14-7-8-15(29-14)19(24)25/h3-9H,2,10-11H2,1H3,(H,24,25)/b16-9-. The number of aromatic carboxylic acids is 1. The molecule has 1 fully saturated rings. The Balaban J connectivity index is 1.61. The van der Waals surface area contributed by atoms with Crippen LogP contribution in [0.25, 0.3) is 6.08 Å². The number of carbonyl (C=O) groups is 4. The number of ether oxygens (including phenoxy) is 2. The van der Waals surface area contributed by atoms with Crippen molar-refractivity contribution in [1.29, 1.82) is 0 Å². The maximum atomic E-state index is 12.4. The Morgan fingerprint density at radius 1 is 1.17 bits per heavy atom. The average molecular weight is 431 g/mol. The fraction of sp³-hybridized carbons (Fsp3) is 0.200. The Labute approximate surface area is 175 Å². The number of imide groups is 1. The minimum atomic E-state index is -1.16. The third-order valence-electron chi connectivity index (χ3n) is 3.90. The van der Waals surface area contributed by atoms with Crippen LogP contribution in [0.2, 0.25) is 0 Å². The number of carbonyl (C=O) groups excluding carboxylic acids is 3. The molecule has 1 N–H and O–H groups in total. The fourth-order valence-corrected chi connectivity index (χ4v) is 3.35. The van der Waals surface area contributed by atoms with Gasteiger partial charge in [-0.05, 0) is 54.6 Å². The van der Waals surface area contributed by atoms with Crippen molar-refractivity contribution in [2.45, 2.75) is 13.5 Å². The van der Waals surface area contributed by atoms with Crippen molar-refractivity contribution in [2.75, 3.05) is 13.2 Å². The van der Waals surface area contributed by atoms with Gasteiger partial charge in [-0.15, -0.1) is 0 Å². The van der Waals surface area contributed by atoms with Crippen LogP contribution in [0.15, 0.2) is 45.7 Å². The first-order chi connectivity index (χ1) is 14.4. The summed E-state index contributed by atoms with van der Waals surface area (Å²) in [6, 6.07) is 9.58. The smallest absolute Gasteiger partial charge is 0.371 e. The Morgan fingerprint density at radius 3 is 2.53 bits per heavy atom. The van der Waals surface area contributed by atoms with E-state index in [1.165, 1.54) is 12.1 Å². The number of amides is 2. The van der Waals surface area contributed by atoms with Crippen LogP contribution in [0.3, 0.4) is 0 Å². The van der Waals surface area contributed by atoms with Gasteiger partial charge in [-0.1, -0.05) is 12.1 Å². The zero-order valence-electron chi connectivity index (χ0n) is 15.8. The summed E-state index contributed by atoms with van der Waals surface area (Å²) in [4.78, 5) is 47.8. The maximum absolute atomic E-state index is 12.4. The molecule has 1 saturated heterocycles. The first-order valence-corrected chi connectivity index (χ1v) is 9.65. The van der Waals surface area contributed by atoms with Gasteiger partial charge in [0.2, 0.25) is 5.76 Å². The molecule has 1 aromatic heterocycles. The van der Waals surface area contributed by atoms with E-state index in [0.717, 1.165) is 16.7 Å². The van der Waals surface area contributed by atoms with Crippen molar-refractivity contribution in [2.24, 2.45) is 0 Å². The van der Waals surface area contributed by atoms with E-state index in [1.54, 1.807) is 37.3 Å². The van der Waals surface area contributed by atoms with E-state index in [9.17, 15) is 19.2 Å². The number of thioether (sulfide) groups is 1. The van der Waals surface area contributed by atoms with Gasteiger partial charge in [0.05, 0.1) is 11.5 Å². The van der Waals surface area contributed by atoms with Crippen molar-refractivity contribution in [1.82, 2.24) is 4.90 Å². The highest BCUT2D eigenvalue weighted by atomic mass is 32.2. The summed E-state index contributed by atoms with van der Waals surface area (Å²) in [5.74, 6) is -1.64. The molecule has 2 heterocycles. The third-order valence-corrected chi connectivity index (χ3v) is 4.80. The van der Waals surface area contributed by atoms with Gasteiger partial charge in [-0.25, -0.2) is 4.79 Å². The highest BCUT2D eigenvalue weighted by Gasteiger charge is 2.36. The topological polar surface area (TPSA) is 123 Å². The van der Waals surface area contributed by atoms with E-state index in [1.807, 2.05) is 0 Å². The molecule has 1 aliphatic rings. The van der Waals surface area contributed by atoms with Crippen molar-refractivity contribution >= 4 is 40.9 Å². The van der Waals surface area contributed by atoms with Crippen LogP contribution in [-0.2, 0) is 20.9 Å². The zero-order chi connectivity index (χ0) is 21.7. The summed E-state index contributed by atoms with van der Waals surface area (Å²) in [6.07, 6.45) is 1.55. The molecule has 0 bridgehead atoms. The molecule has 2 aromatic rings. The van der Waals surface area contributed by atoms with Gasteiger partial charge in [-0.2, -0.15) is 0 Å². The van der Waals surface area contributed by atoms with Crippen LogP contribution in [0, 0.1) is 0 Å². The van der Waals surface area contributed by atoms with Crippen LogP contribution in [0.5, 0.6) is 5.75 Å². The summed E-state index contributed by atoms with van der Waals surface area (Å²) in [5, 5.41) is 8.31. The molecule has 3 rings (SSSR count). The van der Waals surface area contributed by atoms with Gasteiger partial charge >= 0.3 is 11.9 Å². The number of benzene rings is 1. The number of carboxylic acid groups (broad SMARTS) is 1. The fourth-order valence-electron chi connectivity index (χ4n) is 2.51. The SMILES string of the molecule is CCOC(=O)CN1C(=O)S/C(=C\c2ccc(OCc3ccc(C(=O)O)o3)cc2)C1=O. The molecule has 0 spiro atoms. The van der Waals surface area contributed by atoms with E-state index >= 15 is 0 Å². The molecular weight excluding hydrogens is 414 g/mol. The number of carboxylic acids is 1. The number of hydrogen-bond donors (Lipinski definition) is 1. The molecular formula is C20H17NO8S. The van der Waals surface area contributed by atoms with Gasteiger partial charge in [0.25, 0.3) is 11.1 Å². The third kappa shape index (κ3) is 5.09. The summed E-state index contributed by atoms with van der Waals surface area (Å²) >= 11 is 0.752. The van der Waals surface area contributed by atoms with Crippen molar-refractivity contribution in [3.63, 3.8) is 0 Å². The zero-order valence-corrected chi connectivity index (χ0v) is 16.6. The maximum Gasteiger partial charge on any atom is 0.371 e. The van der Waals surface area contributed by atoms with Crippen LogP contribution in [-0.4, -0.2) is 46.2 Å². The number of furan rings is 1. The summed E-state index contributed by atoms with van der Waals surface area (Å²) in [5.41, 5.74) is 0.662. The minimum absolute atomic E-state index is 0.0549. The van der Waals surface area contributed by atoms with E-state index in [0.29, 0.717) is 17.1 Å². The normalized spacial score (nSPS) is 15.0. The second kappa shape index (κ2) is 9.31. The molecule has 2 amide bonds. The molecule has 156 valence electrons. The predicted octanol–water partition coefficient (Wildman–Crippen LogP) is 3.16. The second-order valence-electron chi connectivity index (χ2n) is 6.00. The Kier molecular flexibility index (Phi) is 6.58. The lowest BCUT2D eigenvalue weighted by Gasteiger charge is -2.10. The van der Waals surface area contributed by atoms with Gasteiger partial charge < -0.3 is 19.0 Å². The number of rotatable bonds is 8. The Hall–Kier alpha value is -3.53. The van der Waals surface area contributed by atoms with Crippen molar-refractivity contribution in [3.8, 4) is 5.75 Å². The lowest BCUT2D eigenvalue weighted by molar-refractivity contribution is -0.145. The van der Waals surface area contributed by atoms with Crippen molar-refractivity contribution in [3.05, 3.63) is 58.4 Å². The summed E-state index contributed by atoms with van der Waals surface area (Å²) in [7, 11) is 0. The van der Waals surface area contributed by atoms with Gasteiger partial charge in [0.15, 0.2) is 0 Å². The van der Waals surface area contributed by atoms with Gasteiger partial charge in [0, 0.05) is 0 Å². The van der Waals surface area contributed by atoms with Crippen LogP contribution < -0.4 is 4.74 Å². The van der Waals surface area contributed by atoms with E-state index in [-0.39, 0.29) is 23.9 Å². The lowest BCUT2D eigenvalue weighted by atomic mass is 10.2. The molecule has 0 atom stereocenters. The highest BCUT2D eigenvalue weighted by molar-refractivity contribution is 8.18. The predicted molar refractivity (Wildman–Crippen MR) is 106 cm³/mol. The largest absolute Gasteiger partial charge is 0.486 e. The van der Waals surface area contributed by atoms with E-state index in [2.05, 4.69) is 0 Å². The lowest BCUT2D eigenvalue weighted by Crippen LogP contribution is -2.34. The van der Waals surface area contributed by atoms with E-state index < -0.39 is 29.6 Å². The molecule has 9 nitrogen and oxygen atoms in total. The average Bonchev–Trinajstić information content (AvgIpc) is 3.29. The molecule has 30 heavy (non-hydrogen) atoms. The van der Waals surface area contributed by atoms with Gasteiger partial charge in [0.1, 0.15) is 24.7 Å². The number of nitrogens with zero attached hydrogens (tertiary/aromatic N) is 1. The first kappa shape index (κ1) is 21.2. The number of hydrogen-bond acceptors (Lipinski definition) is 8. The quantitative estimate of drug-likeness (QED) is 0.496. The second-order valence-corrected chi connectivity index (χ2v) is 6.99. The molecule has 0 aliphatic carbocycles. The Morgan fingerprint density at radius 2 is 1.90 bits per heavy atom. The molecule has 0 radical (unpaired) electrons. The molecule has 0 saturated carbocycles. The van der Waals surface area contributed by atoms with Crippen LogP contribution in [0.4, 0.5) is 4.79 Å². The summed E-state index contributed by atoms with van der Waals surface area (Å²) in [6.45, 7) is 1.44. The highest BCUT2D eigenvalue weighted by Crippen LogP contribution is 2.32. The van der Waals surface area contributed by atoms with E-state index in [4.69, 9.17) is 19.0 Å². The molecule has 1 aliphatic heterocycles. The van der Waals surface area contributed by atoms with Crippen molar-refractivity contribution < 1.29 is 38.2 Å². The van der Waals surface area contributed by atoms with Crippen LogP contribution >= 0.6 is 11.8 Å². The minimum Gasteiger partial charge on any atom is -0.486 e. The molecule has 0 unspecified atom stereocenters. The molecule has 10 heteroatoms. The monoisotopic (exact) mass is 431 g/mol.